The van der Waals surface area contributed by atoms with Crippen LogP contribution in [-0.2, 0) is 16.1 Å². The van der Waals surface area contributed by atoms with E-state index in [9.17, 15) is 0 Å². The summed E-state index contributed by atoms with van der Waals surface area (Å²) in [6.07, 6.45) is 2.71. The zero-order chi connectivity index (χ0) is 13.3. The van der Waals surface area contributed by atoms with Crippen LogP contribution in [0.1, 0.15) is 18.4 Å². The van der Waals surface area contributed by atoms with Crippen LogP contribution < -0.4 is 0 Å². The summed E-state index contributed by atoms with van der Waals surface area (Å²) in [6.45, 7) is 2.46. The van der Waals surface area contributed by atoms with Crippen LogP contribution in [0.5, 0.6) is 0 Å². The Balaban J connectivity index is 1.65. The molecule has 0 aromatic heterocycles. The molecule has 3 atom stereocenters. The number of quaternary nitrogens is 1. The van der Waals surface area contributed by atoms with E-state index in [4.69, 9.17) is 9.47 Å². The molecule has 2 fully saturated rings. The van der Waals surface area contributed by atoms with Crippen LogP contribution >= 0.6 is 0 Å². The smallest absolute Gasteiger partial charge is 0.139 e. The van der Waals surface area contributed by atoms with Gasteiger partial charge >= 0.3 is 0 Å². The van der Waals surface area contributed by atoms with Crippen molar-refractivity contribution in [1.82, 2.24) is 0 Å². The van der Waals surface area contributed by atoms with Crippen molar-refractivity contribution < 1.29 is 14.0 Å². The first-order valence-electron chi connectivity index (χ1n) is 7.24. The monoisotopic (exact) mass is 262 g/mol. The lowest BCUT2D eigenvalue weighted by Gasteiger charge is -2.53. The van der Waals surface area contributed by atoms with Crippen molar-refractivity contribution in [2.45, 2.75) is 37.6 Å². The highest BCUT2D eigenvalue weighted by Crippen LogP contribution is 2.33. The Hall–Kier alpha value is -0.900. The zero-order valence-electron chi connectivity index (χ0n) is 11.9. The highest BCUT2D eigenvalue weighted by atomic mass is 16.5. The third-order valence-corrected chi connectivity index (χ3v) is 4.92. The van der Waals surface area contributed by atoms with Crippen LogP contribution in [0, 0.1) is 0 Å². The maximum atomic E-state index is 6.19. The molecule has 3 unspecified atom stereocenters. The first-order valence-corrected chi connectivity index (χ1v) is 7.24. The Labute approximate surface area is 115 Å². The van der Waals surface area contributed by atoms with Gasteiger partial charge in [-0.2, -0.15) is 0 Å². The molecule has 2 heterocycles. The quantitative estimate of drug-likeness (QED) is 0.778. The van der Waals surface area contributed by atoms with Gasteiger partial charge in [-0.25, -0.2) is 0 Å². The number of ether oxygens (including phenoxy) is 2. The van der Waals surface area contributed by atoms with E-state index in [0.29, 0.717) is 24.8 Å². The largest absolute Gasteiger partial charge is 0.369 e. The molecule has 19 heavy (non-hydrogen) atoms. The molecule has 2 aliphatic rings. The van der Waals surface area contributed by atoms with Gasteiger partial charge in [-0.15, -0.1) is 0 Å². The molecule has 0 saturated carbocycles. The number of morpholine rings is 1. The third-order valence-electron chi connectivity index (χ3n) is 4.92. The standard InChI is InChI=1S/C16H24NO2/c1-17(2)14-8-9-16(15(17)12-18-11-14)19-10-13-6-4-3-5-7-13/h3-7,14-16H,8-12H2,1-2H3/q+1. The molecule has 3 rings (SSSR count). The molecule has 0 amide bonds. The van der Waals surface area contributed by atoms with Crippen LogP contribution in [0.3, 0.4) is 0 Å². The second-order valence-corrected chi connectivity index (χ2v) is 6.30. The van der Waals surface area contributed by atoms with Gasteiger partial charge in [0.25, 0.3) is 0 Å². The zero-order valence-corrected chi connectivity index (χ0v) is 11.9. The van der Waals surface area contributed by atoms with Gasteiger partial charge in [0.15, 0.2) is 0 Å². The molecule has 2 bridgehead atoms. The Morgan fingerprint density at radius 2 is 1.95 bits per heavy atom. The molecule has 1 aromatic carbocycles. The minimum atomic E-state index is 0.326. The van der Waals surface area contributed by atoms with Crippen LogP contribution in [0.25, 0.3) is 0 Å². The Kier molecular flexibility index (Phi) is 3.61. The highest BCUT2D eigenvalue weighted by Gasteiger charge is 2.49. The van der Waals surface area contributed by atoms with E-state index in [1.165, 1.54) is 18.4 Å². The maximum Gasteiger partial charge on any atom is 0.139 e. The minimum absolute atomic E-state index is 0.326. The average molecular weight is 262 g/mol. The van der Waals surface area contributed by atoms with Crippen molar-refractivity contribution >= 4 is 0 Å². The normalized spacial score (nSPS) is 33.1. The molecular formula is C16H24NO2+. The molecule has 2 saturated heterocycles. The molecule has 0 aliphatic carbocycles. The SMILES string of the molecule is C[N+]1(C)C2CCC(OCc3ccccc3)C1COC2. The third kappa shape index (κ3) is 2.55. The van der Waals surface area contributed by atoms with Crippen molar-refractivity contribution in [1.29, 1.82) is 0 Å². The van der Waals surface area contributed by atoms with E-state index >= 15 is 0 Å². The van der Waals surface area contributed by atoms with E-state index < -0.39 is 0 Å². The van der Waals surface area contributed by atoms with E-state index in [-0.39, 0.29) is 0 Å². The number of fused-ring (bicyclic) bond motifs is 2. The number of likely N-dealkylation sites (N-methyl/N-ethyl adjacent to an activating group) is 1. The molecule has 2 aliphatic heterocycles. The van der Waals surface area contributed by atoms with Gasteiger partial charge in [0.1, 0.15) is 24.8 Å². The van der Waals surface area contributed by atoms with Gasteiger partial charge in [-0.1, -0.05) is 30.3 Å². The summed E-state index contributed by atoms with van der Waals surface area (Å²) in [4.78, 5) is 0. The molecule has 0 spiro atoms. The fourth-order valence-corrected chi connectivity index (χ4v) is 3.45. The molecular weight excluding hydrogens is 238 g/mol. The second-order valence-electron chi connectivity index (χ2n) is 6.30. The van der Waals surface area contributed by atoms with Crippen molar-refractivity contribution in [3.05, 3.63) is 35.9 Å². The topological polar surface area (TPSA) is 18.5 Å². The lowest BCUT2D eigenvalue weighted by Crippen LogP contribution is -2.69. The summed E-state index contributed by atoms with van der Waals surface area (Å²) < 4.78 is 13.0. The van der Waals surface area contributed by atoms with Gasteiger partial charge in [-0.3, -0.25) is 0 Å². The number of piperidine rings is 1. The summed E-state index contributed by atoms with van der Waals surface area (Å²) in [5.74, 6) is 0. The average Bonchev–Trinajstić information content (AvgIpc) is 2.38. The van der Waals surface area contributed by atoms with Crippen molar-refractivity contribution in [2.75, 3.05) is 27.3 Å². The molecule has 3 heteroatoms. The summed E-state index contributed by atoms with van der Waals surface area (Å²) in [5.41, 5.74) is 1.26. The summed E-state index contributed by atoms with van der Waals surface area (Å²) in [5, 5.41) is 0. The highest BCUT2D eigenvalue weighted by molar-refractivity contribution is 5.13. The van der Waals surface area contributed by atoms with Crippen molar-refractivity contribution in [3.63, 3.8) is 0 Å². The molecule has 104 valence electrons. The number of hydrogen-bond acceptors (Lipinski definition) is 2. The van der Waals surface area contributed by atoms with E-state index in [0.717, 1.165) is 17.7 Å². The second kappa shape index (κ2) is 5.23. The van der Waals surface area contributed by atoms with Crippen LogP contribution in [0.15, 0.2) is 30.3 Å². The maximum absolute atomic E-state index is 6.19. The van der Waals surface area contributed by atoms with Gasteiger partial charge in [0.2, 0.25) is 0 Å². The van der Waals surface area contributed by atoms with Crippen LogP contribution in [0.4, 0.5) is 0 Å². The number of rotatable bonds is 3. The summed E-state index contributed by atoms with van der Waals surface area (Å²) >= 11 is 0. The van der Waals surface area contributed by atoms with Crippen LogP contribution in [-0.4, -0.2) is 50.0 Å². The summed E-state index contributed by atoms with van der Waals surface area (Å²) in [7, 11) is 4.66. The fraction of sp³-hybridized carbons (Fsp3) is 0.625. The Bertz CT molecular complexity index is 418. The predicted octanol–water partition coefficient (Wildman–Crippen LogP) is 2.21. The van der Waals surface area contributed by atoms with Gasteiger partial charge in [0.05, 0.1) is 27.3 Å². The lowest BCUT2D eigenvalue weighted by atomic mass is 9.89. The predicted molar refractivity (Wildman–Crippen MR) is 74.8 cm³/mol. The summed E-state index contributed by atoms with van der Waals surface area (Å²) in [6, 6.07) is 11.6. The van der Waals surface area contributed by atoms with Gasteiger partial charge < -0.3 is 14.0 Å². The molecule has 1 aromatic rings. The number of hydrogen-bond donors (Lipinski definition) is 0. The molecule has 3 nitrogen and oxygen atoms in total. The van der Waals surface area contributed by atoms with E-state index in [2.05, 4.69) is 38.4 Å². The number of benzene rings is 1. The van der Waals surface area contributed by atoms with E-state index in [1.807, 2.05) is 6.07 Å². The first-order chi connectivity index (χ1) is 9.18. The van der Waals surface area contributed by atoms with Crippen molar-refractivity contribution in [3.8, 4) is 0 Å². The van der Waals surface area contributed by atoms with Crippen molar-refractivity contribution in [2.24, 2.45) is 0 Å². The van der Waals surface area contributed by atoms with Crippen LogP contribution in [0.2, 0.25) is 0 Å². The molecule has 0 N–H and O–H groups in total. The first kappa shape index (κ1) is 13.1. The van der Waals surface area contributed by atoms with Gasteiger partial charge in [-0.05, 0) is 12.0 Å². The van der Waals surface area contributed by atoms with E-state index in [1.54, 1.807) is 0 Å². The Morgan fingerprint density at radius 3 is 2.74 bits per heavy atom. The van der Waals surface area contributed by atoms with Gasteiger partial charge in [0, 0.05) is 6.42 Å². The number of nitrogens with zero attached hydrogens (tertiary/aromatic N) is 1. The lowest BCUT2D eigenvalue weighted by molar-refractivity contribution is -0.956. The Morgan fingerprint density at radius 1 is 1.16 bits per heavy atom. The fourth-order valence-electron chi connectivity index (χ4n) is 3.45. The molecule has 0 radical (unpaired) electrons. The minimum Gasteiger partial charge on any atom is -0.369 e.